The van der Waals surface area contributed by atoms with Crippen molar-refractivity contribution >= 4 is 47.2 Å². The van der Waals surface area contributed by atoms with E-state index in [1.807, 2.05) is 13.8 Å². The first-order chi connectivity index (χ1) is 12.4. The molecule has 0 aliphatic rings. The van der Waals surface area contributed by atoms with Gasteiger partial charge in [-0.15, -0.1) is 12.4 Å². The molecule has 27 heavy (non-hydrogen) atoms. The summed E-state index contributed by atoms with van der Waals surface area (Å²) in [6.07, 6.45) is 1.36. The van der Waals surface area contributed by atoms with Gasteiger partial charge in [0, 0.05) is 28.5 Å². The van der Waals surface area contributed by atoms with Crippen LogP contribution >= 0.6 is 24.0 Å². The van der Waals surface area contributed by atoms with E-state index in [0.29, 0.717) is 41.3 Å². The van der Waals surface area contributed by atoms with Gasteiger partial charge in [-0.1, -0.05) is 25.4 Å². The monoisotopic (exact) mass is 409 g/mol. The zero-order chi connectivity index (χ0) is 19.2. The number of hydrogen-bond donors (Lipinski definition) is 3. The van der Waals surface area contributed by atoms with Crippen LogP contribution in [0.5, 0.6) is 0 Å². The molecular formula is C20H25Cl2N3O2. The molecule has 0 spiro atoms. The van der Waals surface area contributed by atoms with Crippen LogP contribution in [0.15, 0.2) is 48.5 Å². The van der Waals surface area contributed by atoms with Crippen molar-refractivity contribution in [3.05, 3.63) is 59.1 Å². The highest BCUT2D eigenvalue weighted by Gasteiger charge is 2.33. The molecule has 0 saturated carbocycles. The highest BCUT2D eigenvalue weighted by atomic mass is 35.5. The molecule has 4 N–H and O–H groups in total. The standard InChI is InChI=1S/C20H24ClN3O2.ClH/c1-3-20(4-2,13-22)19(26)24-17-11-9-16(10-12-17)23-18(25)14-5-7-15(21)8-6-14;/h5-12H,3-4,13,22H2,1-2H3,(H,23,25)(H,24,26);1H. The largest absolute Gasteiger partial charge is 0.329 e. The number of amides is 2. The minimum absolute atomic E-state index is 0. The van der Waals surface area contributed by atoms with Crippen LogP contribution in [0.1, 0.15) is 37.0 Å². The summed E-state index contributed by atoms with van der Waals surface area (Å²) in [5.41, 5.74) is 7.08. The van der Waals surface area contributed by atoms with Crippen LogP contribution in [0.3, 0.4) is 0 Å². The van der Waals surface area contributed by atoms with E-state index in [1.165, 1.54) is 0 Å². The highest BCUT2D eigenvalue weighted by molar-refractivity contribution is 6.30. The Bertz CT molecular complexity index is 750. The van der Waals surface area contributed by atoms with E-state index in [2.05, 4.69) is 10.6 Å². The quantitative estimate of drug-likeness (QED) is 0.618. The zero-order valence-electron chi connectivity index (χ0n) is 15.4. The Morgan fingerprint density at radius 1 is 0.926 bits per heavy atom. The van der Waals surface area contributed by atoms with Gasteiger partial charge in [0.25, 0.3) is 5.91 Å². The average Bonchev–Trinajstić information content (AvgIpc) is 2.66. The molecule has 7 heteroatoms. The maximum absolute atomic E-state index is 12.5. The molecule has 0 fully saturated rings. The van der Waals surface area contributed by atoms with E-state index in [1.54, 1.807) is 48.5 Å². The van der Waals surface area contributed by atoms with Gasteiger partial charge in [-0.25, -0.2) is 0 Å². The molecule has 2 rings (SSSR count). The van der Waals surface area contributed by atoms with Crippen LogP contribution in [0.4, 0.5) is 11.4 Å². The lowest BCUT2D eigenvalue weighted by Crippen LogP contribution is -2.41. The SMILES string of the molecule is CCC(CC)(CN)C(=O)Nc1ccc(NC(=O)c2ccc(Cl)cc2)cc1.Cl. The minimum Gasteiger partial charge on any atom is -0.329 e. The minimum atomic E-state index is -0.554. The molecule has 0 aliphatic carbocycles. The number of benzene rings is 2. The van der Waals surface area contributed by atoms with Crippen molar-refractivity contribution in [1.82, 2.24) is 0 Å². The van der Waals surface area contributed by atoms with E-state index >= 15 is 0 Å². The Kier molecular flexibility index (Phi) is 8.76. The van der Waals surface area contributed by atoms with E-state index < -0.39 is 5.41 Å². The number of rotatable bonds is 7. The van der Waals surface area contributed by atoms with Crippen molar-refractivity contribution in [2.24, 2.45) is 11.1 Å². The maximum atomic E-state index is 12.5. The molecule has 0 atom stereocenters. The van der Waals surface area contributed by atoms with Gasteiger partial charge >= 0.3 is 0 Å². The van der Waals surface area contributed by atoms with Crippen LogP contribution in [0.2, 0.25) is 5.02 Å². The summed E-state index contributed by atoms with van der Waals surface area (Å²) in [6, 6.07) is 13.6. The van der Waals surface area contributed by atoms with Crippen molar-refractivity contribution in [2.75, 3.05) is 17.2 Å². The first-order valence-electron chi connectivity index (χ1n) is 8.62. The summed E-state index contributed by atoms with van der Waals surface area (Å²) in [4.78, 5) is 24.7. The number of nitrogens with one attached hydrogen (secondary N) is 2. The molecule has 2 aromatic carbocycles. The van der Waals surface area contributed by atoms with Crippen molar-refractivity contribution in [2.45, 2.75) is 26.7 Å². The lowest BCUT2D eigenvalue weighted by molar-refractivity contribution is -0.125. The van der Waals surface area contributed by atoms with E-state index in [-0.39, 0.29) is 24.2 Å². The van der Waals surface area contributed by atoms with Crippen LogP contribution in [0.25, 0.3) is 0 Å². The van der Waals surface area contributed by atoms with Crippen LogP contribution < -0.4 is 16.4 Å². The summed E-state index contributed by atoms with van der Waals surface area (Å²) in [7, 11) is 0. The lowest BCUT2D eigenvalue weighted by atomic mass is 9.81. The molecule has 0 unspecified atom stereocenters. The third kappa shape index (κ3) is 5.70. The van der Waals surface area contributed by atoms with Crippen molar-refractivity contribution in [3.63, 3.8) is 0 Å². The number of hydrogen-bond acceptors (Lipinski definition) is 3. The van der Waals surface area contributed by atoms with Gasteiger partial charge in [0.15, 0.2) is 0 Å². The Balaban J connectivity index is 0.00000364. The number of carbonyl (C=O) groups excluding carboxylic acids is 2. The van der Waals surface area contributed by atoms with Crippen molar-refractivity contribution < 1.29 is 9.59 Å². The molecule has 0 heterocycles. The first kappa shape index (κ1) is 23.0. The molecule has 2 aromatic rings. The fraction of sp³-hybridized carbons (Fsp3) is 0.300. The number of nitrogens with two attached hydrogens (primary N) is 1. The third-order valence-electron chi connectivity index (χ3n) is 4.73. The molecular weight excluding hydrogens is 385 g/mol. The smallest absolute Gasteiger partial charge is 0.255 e. The van der Waals surface area contributed by atoms with E-state index in [4.69, 9.17) is 17.3 Å². The van der Waals surface area contributed by atoms with Gasteiger partial charge in [0.05, 0.1) is 5.41 Å². The van der Waals surface area contributed by atoms with Crippen LogP contribution in [-0.2, 0) is 4.79 Å². The number of halogens is 2. The summed E-state index contributed by atoms with van der Waals surface area (Å²) in [6.45, 7) is 4.23. The molecule has 5 nitrogen and oxygen atoms in total. The fourth-order valence-electron chi connectivity index (χ4n) is 2.66. The van der Waals surface area contributed by atoms with Gasteiger partial charge < -0.3 is 16.4 Å². The van der Waals surface area contributed by atoms with E-state index in [0.717, 1.165) is 0 Å². The van der Waals surface area contributed by atoms with E-state index in [9.17, 15) is 9.59 Å². The Morgan fingerprint density at radius 2 is 1.41 bits per heavy atom. The molecule has 0 bridgehead atoms. The number of carbonyl (C=O) groups is 2. The van der Waals surface area contributed by atoms with Crippen molar-refractivity contribution in [1.29, 1.82) is 0 Å². The molecule has 0 aromatic heterocycles. The van der Waals surface area contributed by atoms with Crippen molar-refractivity contribution in [3.8, 4) is 0 Å². The lowest BCUT2D eigenvalue weighted by Gasteiger charge is -2.28. The highest BCUT2D eigenvalue weighted by Crippen LogP contribution is 2.27. The zero-order valence-corrected chi connectivity index (χ0v) is 17.0. The second-order valence-electron chi connectivity index (χ2n) is 6.18. The first-order valence-corrected chi connectivity index (χ1v) is 9.00. The van der Waals surface area contributed by atoms with Gasteiger partial charge in [-0.05, 0) is 61.4 Å². The normalized spacial score (nSPS) is 10.7. The molecule has 2 amide bonds. The Morgan fingerprint density at radius 3 is 1.85 bits per heavy atom. The molecule has 0 aliphatic heterocycles. The summed E-state index contributed by atoms with van der Waals surface area (Å²) in [5, 5.41) is 6.29. The maximum Gasteiger partial charge on any atom is 0.255 e. The second-order valence-corrected chi connectivity index (χ2v) is 6.62. The van der Waals surface area contributed by atoms with Gasteiger partial charge in [-0.2, -0.15) is 0 Å². The summed E-state index contributed by atoms with van der Waals surface area (Å²) < 4.78 is 0. The summed E-state index contributed by atoms with van der Waals surface area (Å²) >= 11 is 5.82. The molecule has 0 radical (unpaired) electrons. The Hall–Kier alpha value is -2.08. The second kappa shape index (κ2) is 10.3. The van der Waals surface area contributed by atoms with Crippen LogP contribution in [-0.4, -0.2) is 18.4 Å². The van der Waals surface area contributed by atoms with Crippen LogP contribution in [0, 0.1) is 5.41 Å². The molecule has 0 saturated heterocycles. The summed E-state index contributed by atoms with van der Waals surface area (Å²) in [5.74, 6) is -0.305. The average molecular weight is 410 g/mol. The van der Waals surface area contributed by atoms with Gasteiger partial charge in [0.1, 0.15) is 0 Å². The predicted octanol–water partition coefficient (Wildman–Crippen LogP) is 4.72. The van der Waals surface area contributed by atoms with Gasteiger partial charge in [-0.3, -0.25) is 9.59 Å². The fourth-order valence-corrected chi connectivity index (χ4v) is 2.78. The number of anilines is 2. The topological polar surface area (TPSA) is 84.2 Å². The molecule has 146 valence electrons. The Labute approximate surface area is 171 Å². The third-order valence-corrected chi connectivity index (χ3v) is 4.98. The predicted molar refractivity (Wildman–Crippen MR) is 114 cm³/mol. The van der Waals surface area contributed by atoms with Gasteiger partial charge in [0.2, 0.25) is 5.91 Å².